The van der Waals surface area contributed by atoms with Crippen LogP contribution in [0.25, 0.3) is 5.69 Å². The van der Waals surface area contributed by atoms with Gasteiger partial charge in [-0.2, -0.15) is 5.10 Å². The third kappa shape index (κ3) is 2.42. The first-order valence-electron chi connectivity index (χ1n) is 5.83. The highest BCUT2D eigenvalue weighted by atomic mass is 79.9. The fourth-order valence-corrected chi connectivity index (χ4v) is 2.64. The van der Waals surface area contributed by atoms with Crippen LogP contribution < -0.4 is 5.73 Å². The Kier molecular flexibility index (Phi) is 3.73. The molecule has 2 rings (SSSR count). The van der Waals surface area contributed by atoms with E-state index in [1.165, 1.54) is 0 Å². The summed E-state index contributed by atoms with van der Waals surface area (Å²) in [4.78, 5) is 4.76. The number of thiocarbonyl (C=S) groups is 1. The minimum absolute atomic E-state index is 0.337. The van der Waals surface area contributed by atoms with E-state index in [4.69, 9.17) is 18.0 Å². The zero-order valence-electron chi connectivity index (χ0n) is 11.3. The highest BCUT2D eigenvalue weighted by Crippen LogP contribution is 2.26. The fraction of sp³-hybridized carbons (Fsp3) is 0.308. The number of pyridine rings is 1. The van der Waals surface area contributed by atoms with Crippen molar-refractivity contribution in [2.75, 3.05) is 0 Å². The first-order chi connectivity index (χ1) is 8.82. The van der Waals surface area contributed by atoms with Crippen molar-refractivity contribution in [1.82, 2.24) is 14.8 Å². The van der Waals surface area contributed by atoms with Crippen LogP contribution >= 0.6 is 28.1 Å². The number of aromatic nitrogens is 3. The number of nitrogens with zero attached hydrogens (tertiary/aromatic N) is 3. The summed E-state index contributed by atoms with van der Waals surface area (Å²) < 4.78 is 2.85. The topological polar surface area (TPSA) is 56.7 Å². The average Bonchev–Trinajstić information content (AvgIpc) is 2.55. The van der Waals surface area contributed by atoms with Crippen molar-refractivity contribution in [3.8, 4) is 5.69 Å². The maximum absolute atomic E-state index is 5.84. The second-order valence-electron chi connectivity index (χ2n) is 4.50. The van der Waals surface area contributed by atoms with Gasteiger partial charge in [0.1, 0.15) is 4.99 Å². The normalized spacial score (nSPS) is 10.8. The Balaban J connectivity index is 2.81. The maximum atomic E-state index is 5.84. The number of aryl methyl sites for hydroxylation is 3. The van der Waals surface area contributed by atoms with Crippen LogP contribution in [0.15, 0.2) is 10.5 Å². The first-order valence-corrected chi connectivity index (χ1v) is 7.03. The van der Waals surface area contributed by atoms with Gasteiger partial charge in [-0.3, -0.25) is 4.98 Å². The Labute approximate surface area is 126 Å². The van der Waals surface area contributed by atoms with Crippen LogP contribution in [0.5, 0.6) is 0 Å². The van der Waals surface area contributed by atoms with Gasteiger partial charge in [-0.1, -0.05) is 12.2 Å². The summed E-state index contributed by atoms with van der Waals surface area (Å²) in [5, 5.41) is 4.53. The van der Waals surface area contributed by atoms with E-state index in [0.717, 1.165) is 38.5 Å². The minimum atomic E-state index is 0.337. The van der Waals surface area contributed by atoms with Gasteiger partial charge in [-0.15, -0.1) is 0 Å². The van der Waals surface area contributed by atoms with Crippen molar-refractivity contribution in [3.63, 3.8) is 0 Å². The molecular formula is C13H15BrN4S. The molecule has 0 atom stereocenters. The molecule has 0 bridgehead atoms. The van der Waals surface area contributed by atoms with E-state index in [9.17, 15) is 0 Å². The van der Waals surface area contributed by atoms with Crippen LogP contribution in [0.4, 0.5) is 0 Å². The molecule has 19 heavy (non-hydrogen) atoms. The summed E-state index contributed by atoms with van der Waals surface area (Å²) in [5.41, 5.74) is 11.2. The number of halogens is 1. The molecule has 0 spiro atoms. The standard InChI is InChI=1S/C13H15BrN4S/c1-6-5-10(11(13(15)19)7(2)16-6)18-9(4)12(14)8(3)17-18/h5H,1-4H3,(H2,15,19). The van der Waals surface area contributed by atoms with E-state index in [2.05, 4.69) is 26.0 Å². The lowest BCUT2D eigenvalue weighted by Gasteiger charge is -2.13. The van der Waals surface area contributed by atoms with E-state index >= 15 is 0 Å². The van der Waals surface area contributed by atoms with Gasteiger partial charge in [-0.05, 0) is 49.7 Å². The van der Waals surface area contributed by atoms with Gasteiger partial charge in [0.25, 0.3) is 0 Å². The van der Waals surface area contributed by atoms with Gasteiger partial charge in [0.05, 0.1) is 27.1 Å². The van der Waals surface area contributed by atoms with Gasteiger partial charge < -0.3 is 5.73 Å². The van der Waals surface area contributed by atoms with E-state index in [0.29, 0.717) is 4.99 Å². The number of nitrogens with two attached hydrogens (primary N) is 1. The van der Waals surface area contributed by atoms with Gasteiger partial charge in [0.15, 0.2) is 0 Å². The molecular weight excluding hydrogens is 324 g/mol. The molecule has 0 aliphatic rings. The van der Waals surface area contributed by atoms with Gasteiger partial charge in [-0.25, -0.2) is 4.68 Å². The smallest absolute Gasteiger partial charge is 0.108 e. The molecule has 0 aromatic carbocycles. The largest absolute Gasteiger partial charge is 0.389 e. The highest BCUT2D eigenvalue weighted by molar-refractivity contribution is 9.10. The molecule has 0 amide bonds. The molecule has 0 aliphatic carbocycles. The van der Waals surface area contributed by atoms with Crippen LogP contribution in [0, 0.1) is 27.7 Å². The van der Waals surface area contributed by atoms with E-state index in [1.54, 1.807) is 0 Å². The zero-order valence-corrected chi connectivity index (χ0v) is 13.7. The summed E-state index contributed by atoms with van der Waals surface area (Å²) in [6.07, 6.45) is 0. The number of hydrogen-bond acceptors (Lipinski definition) is 3. The van der Waals surface area contributed by atoms with Gasteiger partial charge >= 0.3 is 0 Å². The Morgan fingerprint density at radius 1 is 1.26 bits per heavy atom. The lowest BCUT2D eigenvalue weighted by Crippen LogP contribution is -2.17. The Morgan fingerprint density at radius 3 is 2.37 bits per heavy atom. The summed E-state index contributed by atoms with van der Waals surface area (Å²) in [6, 6.07) is 1.95. The third-order valence-corrected chi connectivity index (χ3v) is 4.34. The fourth-order valence-electron chi connectivity index (χ4n) is 2.14. The lowest BCUT2D eigenvalue weighted by molar-refractivity contribution is 0.824. The molecule has 6 heteroatoms. The van der Waals surface area contributed by atoms with Crippen molar-refractivity contribution < 1.29 is 0 Å². The molecule has 2 heterocycles. The molecule has 0 fully saturated rings. The Bertz CT molecular complexity index is 676. The van der Waals surface area contributed by atoms with Gasteiger partial charge in [0, 0.05) is 11.4 Å². The van der Waals surface area contributed by atoms with Crippen molar-refractivity contribution in [2.24, 2.45) is 5.73 Å². The molecule has 0 radical (unpaired) electrons. The number of rotatable bonds is 2. The average molecular weight is 339 g/mol. The summed E-state index contributed by atoms with van der Waals surface area (Å²) in [7, 11) is 0. The SMILES string of the molecule is Cc1cc(-n2nc(C)c(Br)c2C)c(C(N)=S)c(C)n1. The van der Waals surface area contributed by atoms with E-state index < -0.39 is 0 Å². The Hall–Kier alpha value is -1.27. The van der Waals surface area contributed by atoms with Crippen LogP contribution in [-0.4, -0.2) is 19.8 Å². The third-order valence-electron chi connectivity index (χ3n) is 2.99. The summed E-state index contributed by atoms with van der Waals surface area (Å²) >= 11 is 8.68. The number of hydrogen-bond donors (Lipinski definition) is 1. The highest BCUT2D eigenvalue weighted by Gasteiger charge is 2.17. The van der Waals surface area contributed by atoms with E-state index in [-0.39, 0.29) is 0 Å². The predicted octanol–water partition coefficient (Wildman–Crippen LogP) is 2.90. The molecule has 2 aromatic heterocycles. The molecule has 0 saturated carbocycles. The minimum Gasteiger partial charge on any atom is -0.389 e. The predicted molar refractivity (Wildman–Crippen MR) is 83.9 cm³/mol. The van der Waals surface area contributed by atoms with Crippen LogP contribution in [0.2, 0.25) is 0 Å². The van der Waals surface area contributed by atoms with Crippen molar-refractivity contribution in [2.45, 2.75) is 27.7 Å². The van der Waals surface area contributed by atoms with Crippen LogP contribution in [0.1, 0.15) is 28.3 Å². The van der Waals surface area contributed by atoms with Crippen molar-refractivity contribution in [1.29, 1.82) is 0 Å². The molecule has 4 nitrogen and oxygen atoms in total. The van der Waals surface area contributed by atoms with Gasteiger partial charge in [0.2, 0.25) is 0 Å². The quantitative estimate of drug-likeness (QED) is 0.855. The van der Waals surface area contributed by atoms with Crippen LogP contribution in [0.3, 0.4) is 0 Å². The summed E-state index contributed by atoms with van der Waals surface area (Å²) in [5.74, 6) is 0. The molecule has 2 aromatic rings. The van der Waals surface area contributed by atoms with Crippen LogP contribution in [-0.2, 0) is 0 Å². The Morgan fingerprint density at radius 2 is 1.89 bits per heavy atom. The molecule has 2 N–H and O–H groups in total. The zero-order chi connectivity index (χ0) is 14.3. The second kappa shape index (κ2) is 5.02. The van der Waals surface area contributed by atoms with E-state index in [1.807, 2.05) is 38.4 Å². The maximum Gasteiger partial charge on any atom is 0.108 e. The molecule has 100 valence electrons. The lowest BCUT2D eigenvalue weighted by atomic mass is 10.1. The molecule has 0 unspecified atom stereocenters. The monoisotopic (exact) mass is 338 g/mol. The molecule has 0 aliphatic heterocycles. The summed E-state index contributed by atoms with van der Waals surface area (Å²) in [6.45, 7) is 7.81. The molecule has 0 saturated heterocycles. The second-order valence-corrected chi connectivity index (χ2v) is 5.74. The first kappa shape index (κ1) is 14.1. The van der Waals surface area contributed by atoms with Crippen molar-refractivity contribution >= 4 is 33.1 Å². The van der Waals surface area contributed by atoms with Crippen molar-refractivity contribution in [3.05, 3.63) is 38.9 Å².